The molecule has 18 heteroatoms. The maximum Gasteiger partial charge on any atom is 0.459 e. The third-order valence-electron chi connectivity index (χ3n) is 5.55. The maximum atomic E-state index is 13.7. The van der Waals surface area contributed by atoms with Crippen molar-refractivity contribution in [2.75, 3.05) is 19.5 Å². The molecule has 0 amide bonds. The maximum absolute atomic E-state index is 13.7. The number of nitrogens with zero attached hydrogens (tertiary/aromatic N) is 5. The van der Waals surface area contributed by atoms with Gasteiger partial charge in [-0.3, -0.25) is 13.9 Å². The molecule has 1 unspecified atom stereocenters. The lowest BCUT2D eigenvalue weighted by Crippen LogP contribution is -2.45. The fourth-order valence-corrected chi connectivity index (χ4v) is 5.37. The van der Waals surface area contributed by atoms with E-state index in [1.54, 1.807) is 0 Å². The number of benzene rings is 1. The number of carbonyl (C=O) groups is 1. The van der Waals surface area contributed by atoms with Crippen LogP contribution < -0.4 is 21.0 Å². The van der Waals surface area contributed by atoms with E-state index in [-0.39, 0.29) is 21.6 Å². The van der Waals surface area contributed by atoms with Crippen molar-refractivity contribution in [3.63, 3.8) is 0 Å². The van der Waals surface area contributed by atoms with Gasteiger partial charge < -0.3 is 24.8 Å². The van der Waals surface area contributed by atoms with E-state index < -0.39 is 56.0 Å². The van der Waals surface area contributed by atoms with Gasteiger partial charge in [-0.2, -0.15) is 10.1 Å². The number of aliphatic hydroxyl groups excluding tert-OH is 1. The van der Waals surface area contributed by atoms with E-state index in [0.717, 1.165) is 11.7 Å². The average Bonchev–Trinajstić information content (AvgIpc) is 3.09. The number of nitrogens with two attached hydrogens (primary N) is 1. The minimum absolute atomic E-state index is 0.0171. The van der Waals surface area contributed by atoms with Gasteiger partial charge in [-0.25, -0.2) is 9.36 Å². The molecule has 2 heterocycles. The largest absolute Gasteiger partial charge is 0.468 e. The molecular weight excluding hydrogens is 568 g/mol. The van der Waals surface area contributed by atoms with Gasteiger partial charge in [0, 0.05) is 17.2 Å². The van der Waals surface area contributed by atoms with Crippen LogP contribution in [-0.2, 0) is 23.4 Å². The normalized spacial score (nSPS) is 25.2. The third-order valence-corrected chi connectivity index (χ3v) is 7.93. The van der Waals surface area contributed by atoms with E-state index in [1.807, 2.05) is 0 Å². The number of aromatic nitrogens is 2. The second-order valence-electron chi connectivity index (χ2n) is 8.26. The molecule has 0 bridgehead atoms. The lowest BCUT2D eigenvalue weighted by Gasteiger charge is -2.28. The van der Waals surface area contributed by atoms with Crippen LogP contribution in [0.1, 0.15) is 20.1 Å². The summed E-state index contributed by atoms with van der Waals surface area (Å²) in [5, 5.41) is 17.4. The second kappa shape index (κ2) is 11.9. The summed E-state index contributed by atoms with van der Waals surface area (Å²) in [5.41, 5.74) is 12.1. The van der Waals surface area contributed by atoms with Gasteiger partial charge in [-0.1, -0.05) is 28.3 Å². The van der Waals surface area contributed by atoms with Crippen molar-refractivity contribution in [1.82, 2.24) is 14.6 Å². The molecule has 0 spiro atoms. The molecule has 206 valence electrons. The summed E-state index contributed by atoms with van der Waals surface area (Å²) in [5.74, 6) is -0.840. The van der Waals surface area contributed by atoms with E-state index in [4.69, 9.17) is 48.3 Å². The molecule has 38 heavy (non-hydrogen) atoms. The number of ether oxygens (including phenoxy) is 2. The SMILES string of the molecule is COC(=O)[C@H](C)NP(=O)(OC[C@H]1O[C@@H](n2ccc(N)nc2=O)[C@](C)(N=[N+]=[N-])[C@@H]1O)Oc1ccc(Cl)c(Cl)c1. The topological polar surface area (TPSA) is 213 Å². The molecule has 1 aliphatic heterocycles. The van der Waals surface area contributed by atoms with Crippen molar-refractivity contribution >= 4 is 42.7 Å². The van der Waals surface area contributed by atoms with E-state index in [2.05, 4.69) is 24.8 Å². The molecule has 1 fully saturated rings. The van der Waals surface area contributed by atoms with Gasteiger partial charge in [0.2, 0.25) is 0 Å². The lowest BCUT2D eigenvalue weighted by atomic mass is 9.93. The van der Waals surface area contributed by atoms with Crippen LogP contribution in [0.4, 0.5) is 5.82 Å². The van der Waals surface area contributed by atoms with Crippen LogP contribution in [0.2, 0.25) is 10.0 Å². The standard InChI is InChI=1S/C20H24Cl2N7O8P/c1-10(17(31)34-3)26-38(33,37-11-4-5-12(21)13(22)8-11)35-9-14-16(30)20(2,27-28-24)18(36-14)29-7-6-15(23)25-19(29)32/h4-8,10,14,16,18,30H,9H2,1-3H3,(H,26,33)(H2,23,25,32)/t10-,14+,16+,18+,20+,38?/m0/s1. The molecule has 3 rings (SSSR count). The molecule has 1 aliphatic rings. The Bertz CT molecular complexity index is 1360. The third kappa shape index (κ3) is 6.40. The molecule has 4 N–H and O–H groups in total. The van der Waals surface area contributed by atoms with Crippen molar-refractivity contribution in [3.05, 3.63) is 61.4 Å². The van der Waals surface area contributed by atoms with E-state index >= 15 is 0 Å². The molecule has 0 saturated carbocycles. The molecule has 2 aromatic rings. The molecule has 1 aromatic carbocycles. The minimum Gasteiger partial charge on any atom is -0.468 e. The monoisotopic (exact) mass is 591 g/mol. The van der Waals surface area contributed by atoms with Crippen molar-refractivity contribution in [1.29, 1.82) is 0 Å². The Hall–Kier alpha value is -2.87. The van der Waals surface area contributed by atoms with Crippen LogP contribution in [0.25, 0.3) is 10.4 Å². The van der Waals surface area contributed by atoms with Gasteiger partial charge in [0.15, 0.2) is 6.23 Å². The van der Waals surface area contributed by atoms with Gasteiger partial charge in [0.05, 0.1) is 29.9 Å². The number of carbonyl (C=O) groups excluding carboxylic acids is 1. The van der Waals surface area contributed by atoms with E-state index in [9.17, 15) is 19.3 Å². The highest BCUT2D eigenvalue weighted by Gasteiger charge is 2.55. The number of aliphatic hydroxyl groups is 1. The van der Waals surface area contributed by atoms with Crippen LogP contribution in [-0.4, -0.2) is 58.1 Å². The molecule has 0 radical (unpaired) electrons. The minimum atomic E-state index is -4.39. The summed E-state index contributed by atoms with van der Waals surface area (Å²) in [4.78, 5) is 30.8. The Kier molecular flexibility index (Phi) is 9.29. The Morgan fingerprint density at radius 3 is 2.76 bits per heavy atom. The molecule has 1 saturated heterocycles. The number of halogens is 2. The predicted octanol–water partition coefficient (Wildman–Crippen LogP) is 2.81. The van der Waals surface area contributed by atoms with E-state index in [0.29, 0.717) is 0 Å². The second-order valence-corrected chi connectivity index (χ2v) is 10.8. The Morgan fingerprint density at radius 2 is 2.16 bits per heavy atom. The average molecular weight is 592 g/mol. The molecule has 15 nitrogen and oxygen atoms in total. The van der Waals surface area contributed by atoms with E-state index in [1.165, 1.54) is 44.3 Å². The number of nitrogens with one attached hydrogen (secondary N) is 1. The van der Waals surface area contributed by atoms with Crippen molar-refractivity contribution in [3.8, 4) is 5.75 Å². The van der Waals surface area contributed by atoms with Gasteiger partial charge in [0.1, 0.15) is 29.3 Å². The molecule has 1 aromatic heterocycles. The zero-order valence-corrected chi connectivity index (χ0v) is 22.6. The summed E-state index contributed by atoms with van der Waals surface area (Å²) in [6.07, 6.45) is -2.92. The van der Waals surface area contributed by atoms with Gasteiger partial charge in [-0.05, 0) is 37.6 Å². The number of rotatable bonds is 10. The zero-order chi connectivity index (χ0) is 28.3. The van der Waals surface area contributed by atoms with Crippen LogP contribution in [0.5, 0.6) is 5.75 Å². The number of nitrogen functional groups attached to an aromatic ring is 1. The van der Waals surface area contributed by atoms with Crippen LogP contribution in [0, 0.1) is 0 Å². The van der Waals surface area contributed by atoms with Gasteiger partial charge in [-0.15, -0.1) is 0 Å². The van der Waals surface area contributed by atoms with Gasteiger partial charge >= 0.3 is 19.4 Å². The number of esters is 1. The fraction of sp³-hybridized carbons (Fsp3) is 0.450. The summed E-state index contributed by atoms with van der Waals surface area (Å²) in [7, 11) is -3.25. The van der Waals surface area contributed by atoms with Crippen LogP contribution >= 0.6 is 30.9 Å². The Labute approximate surface area is 226 Å². The fourth-order valence-electron chi connectivity index (χ4n) is 3.59. The van der Waals surface area contributed by atoms with Crippen molar-refractivity contribution in [2.24, 2.45) is 5.11 Å². The smallest absolute Gasteiger partial charge is 0.459 e. The summed E-state index contributed by atoms with van der Waals surface area (Å²) < 4.78 is 36.1. The zero-order valence-electron chi connectivity index (χ0n) is 20.2. The summed E-state index contributed by atoms with van der Waals surface area (Å²) in [6.45, 7) is 2.11. The summed E-state index contributed by atoms with van der Waals surface area (Å²) >= 11 is 11.9. The number of hydrogen-bond donors (Lipinski definition) is 3. The number of methoxy groups -OCH3 is 1. The number of hydrogen-bond acceptors (Lipinski definition) is 11. The predicted molar refractivity (Wildman–Crippen MR) is 136 cm³/mol. The molecule has 0 aliphatic carbocycles. The first-order valence-corrected chi connectivity index (χ1v) is 13.1. The van der Waals surface area contributed by atoms with Crippen molar-refractivity contribution in [2.45, 2.75) is 43.9 Å². The number of anilines is 1. The first-order valence-electron chi connectivity index (χ1n) is 10.8. The Balaban J connectivity index is 1.90. The lowest BCUT2D eigenvalue weighted by molar-refractivity contribution is -0.142. The number of azide groups is 1. The van der Waals surface area contributed by atoms with Crippen molar-refractivity contribution < 1.29 is 33.0 Å². The van der Waals surface area contributed by atoms with Crippen LogP contribution in [0.15, 0.2) is 40.4 Å². The van der Waals surface area contributed by atoms with Gasteiger partial charge in [0.25, 0.3) is 0 Å². The quantitative estimate of drug-likeness (QED) is 0.120. The Morgan fingerprint density at radius 1 is 1.45 bits per heavy atom. The molecule has 6 atom stereocenters. The first kappa shape index (κ1) is 29.7. The highest BCUT2D eigenvalue weighted by Crippen LogP contribution is 2.48. The summed E-state index contributed by atoms with van der Waals surface area (Å²) in [6, 6.07) is 4.20. The van der Waals surface area contributed by atoms with Crippen LogP contribution in [0.3, 0.4) is 0 Å². The highest BCUT2D eigenvalue weighted by molar-refractivity contribution is 7.52. The highest BCUT2D eigenvalue weighted by atomic mass is 35.5. The first-order chi connectivity index (χ1) is 17.8. The molecular formula is C20H24Cl2N7O8P.